The zero-order chi connectivity index (χ0) is 14.5. The van der Waals surface area contributed by atoms with E-state index in [1.807, 2.05) is 0 Å². The lowest BCUT2D eigenvalue weighted by Crippen LogP contribution is -1.99. The average Bonchev–Trinajstić information content (AvgIpc) is 2.88. The number of benzene rings is 1. The molecule has 0 aliphatic carbocycles. The summed E-state index contributed by atoms with van der Waals surface area (Å²) in [7, 11) is 0. The van der Waals surface area contributed by atoms with Crippen molar-refractivity contribution in [1.29, 1.82) is 0 Å². The van der Waals surface area contributed by atoms with E-state index in [1.165, 1.54) is 10.7 Å². The minimum atomic E-state index is -0.438. The second-order valence-electron chi connectivity index (χ2n) is 4.29. The molecule has 2 N–H and O–H groups in total. The summed E-state index contributed by atoms with van der Waals surface area (Å²) in [6.45, 7) is 0.660. The highest BCUT2D eigenvalue weighted by Gasteiger charge is 2.13. The number of aromatic nitrogens is 3. The van der Waals surface area contributed by atoms with Gasteiger partial charge in [-0.1, -0.05) is 5.21 Å². The normalized spacial score (nSPS) is 10.7. The molecule has 0 aliphatic heterocycles. The van der Waals surface area contributed by atoms with Crippen molar-refractivity contribution in [2.75, 3.05) is 6.54 Å². The fourth-order valence-corrected chi connectivity index (χ4v) is 2.16. The Bertz CT molecular complexity index is 614. The Balaban J connectivity index is 2.19. The van der Waals surface area contributed by atoms with Crippen LogP contribution in [0.3, 0.4) is 0 Å². The number of nitrogens with zero attached hydrogens (tertiary/aromatic N) is 4. The minimum Gasteiger partial charge on any atom is -0.330 e. The maximum absolute atomic E-state index is 10.9. The van der Waals surface area contributed by atoms with E-state index in [9.17, 15) is 10.1 Å². The lowest BCUT2D eigenvalue weighted by atomic mass is 10.2. The molecule has 1 aromatic carbocycles. The van der Waals surface area contributed by atoms with E-state index in [0.29, 0.717) is 16.7 Å². The van der Waals surface area contributed by atoms with Crippen LogP contribution in [0.4, 0.5) is 5.69 Å². The van der Waals surface area contributed by atoms with E-state index in [1.54, 1.807) is 18.3 Å². The van der Waals surface area contributed by atoms with Crippen LogP contribution < -0.4 is 5.73 Å². The van der Waals surface area contributed by atoms with Crippen LogP contribution in [-0.2, 0) is 6.42 Å². The average molecular weight is 340 g/mol. The topological polar surface area (TPSA) is 99.9 Å². The molecule has 0 aliphatic rings. The molecule has 106 valence electrons. The monoisotopic (exact) mass is 339 g/mol. The first-order valence-electron chi connectivity index (χ1n) is 6.17. The predicted octanol–water partition coefficient (Wildman–Crippen LogP) is 2.22. The highest BCUT2D eigenvalue weighted by Crippen LogP contribution is 2.26. The number of hydrogen-bond donors (Lipinski definition) is 1. The van der Waals surface area contributed by atoms with Gasteiger partial charge in [-0.05, 0) is 53.9 Å². The van der Waals surface area contributed by atoms with Crippen molar-refractivity contribution < 1.29 is 4.92 Å². The number of unbranched alkanes of at least 4 members (excludes halogenated alkanes) is 1. The first-order chi connectivity index (χ1) is 9.61. The van der Waals surface area contributed by atoms with Gasteiger partial charge in [0.05, 0.1) is 27.0 Å². The van der Waals surface area contributed by atoms with Crippen LogP contribution in [0.5, 0.6) is 0 Å². The first kappa shape index (κ1) is 14.6. The summed E-state index contributed by atoms with van der Waals surface area (Å²) >= 11 is 3.15. The number of rotatable bonds is 6. The Hall–Kier alpha value is -1.80. The zero-order valence-corrected chi connectivity index (χ0v) is 12.3. The molecule has 0 fully saturated rings. The zero-order valence-electron chi connectivity index (χ0n) is 10.7. The molecule has 7 nitrogen and oxygen atoms in total. The Kier molecular flexibility index (Phi) is 4.80. The third-order valence-electron chi connectivity index (χ3n) is 2.82. The summed E-state index contributed by atoms with van der Waals surface area (Å²) in [5.74, 6) is 0. The van der Waals surface area contributed by atoms with Crippen LogP contribution in [0.15, 0.2) is 28.9 Å². The molecular weight excluding hydrogens is 326 g/mol. The van der Waals surface area contributed by atoms with E-state index in [4.69, 9.17) is 5.73 Å². The van der Waals surface area contributed by atoms with Gasteiger partial charge in [0.15, 0.2) is 0 Å². The van der Waals surface area contributed by atoms with Gasteiger partial charge in [-0.15, -0.1) is 5.10 Å². The molecule has 0 bridgehead atoms. The maximum Gasteiger partial charge on any atom is 0.285 e. The first-order valence-corrected chi connectivity index (χ1v) is 6.96. The van der Waals surface area contributed by atoms with Gasteiger partial charge >= 0.3 is 0 Å². The van der Waals surface area contributed by atoms with Gasteiger partial charge in [0.2, 0.25) is 0 Å². The lowest BCUT2D eigenvalue weighted by Gasteiger charge is -2.01. The van der Waals surface area contributed by atoms with Crippen LogP contribution in [0.2, 0.25) is 0 Å². The number of nitro groups is 1. The van der Waals surface area contributed by atoms with Crippen molar-refractivity contribution >= 4 is 21.6 Å². The SMILES string of the molecule is NCCCCc1cn(-c2ccc(Br)c([N+](=O)[O-])c2)nn1. The van der Waals surface area contributed by atoms with Crippen molar-refractivity contribution in [1.82, 2.24) is 15.0 Å². The highest BCUT2D eigenvalue weighted by atomic mass is 79.9. The number of halogens is 1. The summed E-state index contributed by atoms with van der Waals surface area (Å²) in [6, 6.07) is 4.83. The quantitative estimate of drug-likeness (QED) is 0.494. The third-order valence-corrected chi connectivity index (χ3v) is 3.49. The van der Waals surface area contributed by atoms with Gasteiger partial charge in [-0.25, -0.2) is 4.68 Å². The van der Waals surface area contributed by atoms with E-state index < -0.39 is 4.92 Å². The number of aryl methyl sites for hydroxylation is 1. The summed E-state index contributed by atoms with van der Waals surface area (Å²) in [5.41, 5.74) is 6.90. The van der Waals surface area contributed by atoms with Crippen LogP contribution in [0, 0.1) is 10.1 Å². The van der Waals surface area contributed by atoms with Gasteiger partial charge in [-0.3, -0.25) is 10.1 Å². The van der Waals surface area contributed by atoms with Gasteiger partial charge < -0.3 is 5.73 Å². The largest absolute Gasteiger partial charge is 0.330 e. The minimum absolute atomic E-state index is 0.00248. The number of nitrogens with two attached hydrogens (primary N) is 1. The molecule has 0 saturated carbocycles. The maximum atomic E-state index is 10.9. The van der Waals surface area contributed by atoms with E-state index in [0.717, 1.165) is 25.0 Å². The summed E-state index contributed by atoms with van der Waals surface area (Å²) in [5, 5.41) is 18.9. The molecule has 0 amide bonds. The fourth-order valence-electron chi connectivity index (χ4n) is 1.77. The molecule has 2 aromatic rings. The summed E-state index contributed by atoms with van der Waals surface area (Å²) in [4.78, 5) is 10.5. The van der Waals surface area contributed by atoms with Crippen LogP contribution >= 0.6 is 15.9 Å². The van der Waals surface area contributed by atoms with E-state index >= 15 is 0 Å². The van der Waals surface area contributed by atoms with Gasteiger partial charge in [0, 0.05) is 6.07 Å². The van der Waals surface area contributed by atoms with Crippen LogP contribution in [0.25, 0.3) is 5.69 Å². The van der Waals surface area contributed by atoms with E-state index in [2.05, 4.69) is 26.2 Å². The Morgan fingerprint density at radius 1 is 1.40 bits per heavy atom. The number of hydrogen-bond acceptors (Lipinski definition) is 5. The molecule has 2 rings (SSSR count). The predicted molar refractivity (Wildman–Crippen MR) is 77.7 cm³/mol. The second kappa shape index (κ2) is 6.58. The fraction of sp³-hybridized carbons (Fsp3) is 0.333. The molecule has 0 radical (unpaired) electrons. The molecular formula is C12H14BrN5O2. The van der Waals surface area contributed by atoms with Gasteiger partial charge in [-0.2, -0.15) is 0 Å². The standard InChI is InChI=1S/C12H14BrN5O2/c13-11-5-4-10(7-12(11)18(19)20)17-8-9(15-16-17)3-1-2-6-14/h4-5,7-8H,1-3,6,14H2. The lowest BCUT2D eigenvalue weighted by molar-refractivity contribution is -0.385. The Morgan fingerprint density at radius 3 is 2.90 bits per heavy atom. The van der Waals surface area contributed by atoms with Crippen molar-refractivity contribution in [3.63, 3.8) is 0 Å². The van der Waals surface area contributed by atoms with Crippen molar-refractivity contribution in [3.8, 4) is 5.69 Å². The van der Waals surface area contributed by atoms with Crippen molar-refractivity contribution in [2.24, 2.45) is 5.73 Å². The molecule has 0 unspecified atom stereocenters. The van der Waals surface area contributed by atoms with Crippen LogP contribution in [0.1, 0.15) is 18.5 Å². The molecule has 0 saturated heterocycles. The highest BCUT2D eigenvalue weighted by molar-refractivity contribution is 9.10. The van der Waals surface area contributed by atoms with Gasteiger partial charge in [0.1, 0.15) is 0 Å². The smallest absolute Gasteiger partial charge is 0.285 e. The molecule has 8 heteroatoms. The second-order valence-corrected chi connectivity index (χ2v) is 5.15. The number of nitro benzene ring substituents is 1. The summed E-state index contributed by atoms with van der Waals surface area (Å²) < 4.78 is 1.98. The molecule has 0 atom stereocenters. The van der Waals surface area contributed by atoms with Gasteiger partial charge in [0.25, 0.3) is 5.69 Å². The van der Waals surface area contributed by atoms with Crippen molar-refractivity contribution in [3.05, 3.63) is 44.7 Å². The summed E-state index contributed by atoms with van der Waals surface area (Å²) in [6.07, 6.45) is 4.48. The Morgan fingerprint density at radius 2 is 2.20 bits per heavy atom. The third kappa shape index (κ3) is 3.40. The van der Waals surface area contributed by atoms with Crippen molar-refractivity contribution in [2.45, 2.75) is 19.3 Å². The van der Waals surface area contributed by atoms with E-state index in [-0.39, 0.29) is 5.69 Å². The molecule has 1 aromatic heterocycles. The van der Waals surface area contributed by atoms with Crippen LogP contribution in [-0.4, -0.2) is 26.5 Å². The molecule has 1 heterocycles. The Labute approximate surface area is 124 Å². The molecule has 0 spiro atoms. The molecule has 20 heavy (non-hydrogen) atoms.